The molecule has 0 N–H and O–H groups in total. The Morgan fingerprint density at radius 3 is 1.87 bits per heavy atom. The van der Waals surface area contributed by atoms with Gasteiger partial charge in [0.05, 0.1) is 39.0 Å². The van der Waals surface area contributed by atoms with Gasteiger partial charge in [0.15, 0.2) is 0 Å². The van der Waals surface area contributed by atoms with Crippen molar-refractivity contribution in [2.24, 2.45) is 0 Å². The molecular weight excluding hydrogens is 392 g/mol. The minimum absolute atomic E-state index is 0.325. The zero-order valence-corrected chi connectivity index (χ0v) is 20.6. The van der Waals surface area contributed by atoms with Crippen molar-refractivity contribution in [2.45, 2.75) is 84.6 Å². The van der Waals surface area contributed by atoms with Gasteiger partial charge in [-0.2, -0.15) is 4.31 Å². The number of likely N-dealkylation sites (N-methyl/N-ethyl adjacent to an activating group) is 1. The topological polar surface area (TPSA) is 37.4 Å². The van der Waals surface area contributed by atoms with E-state index in [1.807, 2.05) is 0 Å². The van der Waals surface area contributed by atoms with E-state index < -0.39 is 10.0 Å². The first-order chi connectivity index (χ1) is 14.3. The first-order valence-electron chi connectivity index (χ1n) is 12.2. The zero-order chi connectivity index (χ0) is 21.9. The summed E-state index contributed by atoms with van der Waals surface area (Å²) in [5.74, 6) is 0.325. The summed E-state index contributed by atoms with van der Waals surface area (Å²) in [5.41, 5.74) is 2.62. The molecule has 0 aromatic heterocycles. The highest BCUT2D eigenvalue weighted by Crippen LogP contribution is 2.19. The highest BCUT2D eigenvalue weighted by atomic mass is 32.2. The molecule has 1 aromatic rings. The van der Waals surface area contributed by atoms with Gasteiger partial charge in [0, 0.05) is 5.56 Å². The highest BCUT2D eigenvalue weighted by molar-refractivity contribution is 7.89. The lowest BCUT2D eigenvalue weighted by atomic mass is 10.1. The lowest BCUT2D eigenvalue weighted by molar-refractivity contribution is -0.925. The summed E-state index contributed by atoms with van der Waals surface area (Å²) in [6.45, 7) is 8.44. The number of benzene rings is 1. The van der Waals surface area contributed by atoms with Gasteiger partial charge in [-0.25, -0.2) is 8.42 Å². The molecule has 5 heteroatoms. The first-order valence-corrected chi connectivity index (χ1v) is 13.8. The fourth-order valence-electron chi connectivity index (χ4n) is 4.40. The second-order valence-corrected chi connectivity index (χ2v) is 11.7. The van der Waals surface area contributed by atoms with Crippen molar-refractivity contribution in [3.63, 3.8) is 0 Å². The Labute approximate surface area is 186 Å². The summed E-state index contributed by atoms with van der Waals surface area (Å²) in [5, 5.41) is 0. The molecule has 1 fully saturated rings. The van der Waals surface area contributed by atoms with Crippen molar-refractivity contribution in [1.29, 1.82) is 0 Å². The second kappa shape index (κ2) is 12.8. The Bertz CT molecular complexity index is 692. The predicted molar refractivity (Wildman–Crippen MR) is 128 cm³/mol. The summed E-state index contributed by atoms with van der Waals surface area (Å²) in [4.78, 5) is 0. The van der Waals surface area contributed by atoms with E-state index in [1.165, 1.54) is 62.5 Å². The third kappa shape index (κ3) is 9.07. The Morgan fingerprint density at radius 1 is 0.833 bits per heavy atom. The van der Waals surface area contributed by atoms with Crippen LogP contribution in [0.1, 0.15) is 82.3 Å². The van der Waals surface area contributed by atoms with Crippen molar-refractivity contribution in [2.75, 3.05) is 39.0 Å². The number of hydrogen-bond acceptors (Lipinski definition) is 2. The Hall–Kier alpha value is -0.910. The molecule has 0 atom stereocenters. The van der Waals surface area contributed by atoms with Crippen molar-refractivity contribution >= 4 is 10.0 Å². The van der Waals surface area contributed by atoms with Gasteiger partial charge in [-0.1, -0.05) is 94.5 Å². The molecule has 30 heavy (non-hydrogen) atoms. The van der Waals surface area contributed by atoms with Crippen LogP contribution in [-0.2, 0) is 16.6 Å². The van der Waals surface area contributed by atoms with Gasteiger partial charge in [0.2, 0.25) is 10.0 Å². The third-order valence-corrected chi connectivity index (χ3v) is 8.57. The normalized spacial score (nSPS) is 17.3. The Balaban J connectivity index is 1.62. The van der Waals surface area contributed by atoms with Gasteiger partial charge in [0.25, 0.3) is 0 Å². The molecule has 0 unspecified atom stereocenters. The van der Waals surface area contributed by atoms with Crippen LogP contribution < -0.4 is 0 Å². The molecule has 172 valence electrons. The molecule has 1 heterocycles. The third-order valence-electron chi connectivity index (χ3n) is 6.61. The number of aryl methyl sites for hydroxylation is 1. The fourth-order valence-corrected chi connectivity index (χ4v) is 5.95. The number of quaternary nitrogens is 1. The molecule has 0 aliphatic carbocycles. The summed E-state index contributed by atoms with van der Waals surface area (Å²) in [6.07, 6.45) is 12.3. The Kier molecular flexibility index (Phi) is 10.8. The predicted octanol–water partition coefficient (Wildman–Crippen LogP) is 5.51. The summed E-state index contributed by atoms with van der Waals surface area (Å²) >= 11 is 0. The van der Waals surface area contributed by atoms with Gasteiger partial charge in [-0.3, -0.25) is 0 Å². The van der Waals surface area contributed by atoms with E-state index in [0.717, 1.165) is 37.0 Å². The molecule has 0 radical (unpaired) electrons. The summed E-state index contributed by atoms with van der Waals surface area (Å²) in [7, 11) is -0.840. The molecule has 0 amide bonds. The second-order valence-electron chi connectivity index (χ2n) is 9.61. The van der Waals surface area contributed by atoms with Gasteiger partial charge in [0.1, 0.15) is 6.54 Å². The van der Waals surface area contributed by atoms with Crippen LogP contribution in [0.15, 0.2) is 24.3 Å². The average molecular weight is 438 g/mol. The van der Waals surface area contributed by atoms with Crippen LogP contribution in [0, 0.1) is 6.92 Å². The minimum atomic E-state index is -3.10. The van der Waals surface area contributed by atoms with Crippen LogP contribution in [-0.4, -0.2) is 56.2 Å². The molecule has 0 spiro atoms. The fraction of sp³-hybridized carbons (Fsp3) is 0.760. The van der Waals surface area contributed by atoms with Gasteiger partial charge in [-0.15, -0.1) is 0 Å². The van der Waals surface area contributed by atoms with Crippen LogP contribution in [0.4, 0.5) is 0 Å². The van der Waals surface area contributed by atoms with Crippen LogP contribution in [0.5, 0.6) is 0 Å². The number of sulfonamides is 1. The highest BCUT2D eigenvalue weighted by Gasteiger charge is 2.34. The molecular formula is C25H45N2O2S+. The SMILES string of the molecule is CCCCCCCCCCCCS(=O)(=O)N1CC[N+](C)(Cc2ccc(C)cc2)CC1. The van der Waals surface area contributed by atoms with Gasteiger partial charge >= 0.3 is 0 Å². The van der Waals surface area contributed by atoms with Crippen molar-refractivity contribution in [1.82, 2.24) is 4.31 Å². The van der Waals surface area contributed by atoms with E-state index in [0.29, 0.717) is 18.8 Å². The number of unbranched alkanes of at least 4 members (excludes halogenated alkanes) is 9. The molecule has 0 bridgehead atoms. The molecule has 1 saturated heterocycles. The van der Waals surface area contributed by atoms with E-state index in [-0.39, 0.29) is 0 Å². The van der Waals surface area contributed by atoms with Crippen LogP contribution >= 0.6 is 0 Å². The summed E-state index contributed by atoms with van der Waals surface area (Å²) < 4.78 is 28.2. The van der Waals surface area contributed by atoms with Crippen molar-refractivity contribution in [3.05, 3.63) is 35.4 Å². The maximum atomic E-state index is 12.7. The van der Waals surface area contributed by atoms with Crippen molar-refractivity contribution in [3.8, 4) is 0 Å². The standard InChI is InChI=1S/C25H45N2O2S/c1-4-5-6-7-8-9-10-11-12-13-22-30(28,29)26-18-20-27(3,21-19-26)23-25-16-14-24(2)15-17-25/h14-17H,4-13,18-23H2,1-3H3/q+1. The number of piperazine rings is 1. The minimum Gasteiger partial charge on any atom is -0.320 e. The molecule has 2 rings (SSSR count). The van der Waals surface area contributed by atoms with Crippen LogP contribution in [0.2, 0.25) is 0 Å². The molecule has 1 aliphatic heterocycles. The van der Waals surface area contributed by atoms with Gasteiger partial charge < -0.3 is 4.48 Å². The monoisotopic (exact) mass is 437 g/mol. The zero-order valence-electron chi connectivity index (χ0n) is 19.7. The number of hydrogen-bond donors (Lipinski definition) is 0. The maximum absolute atomic E-state index is 12.7. The molecule has 0 saturated carbocycles. The number of nitrogens with zero attached hydrogens (tertiary/aromatic N) is 2. The lowest BCUT2D eigenvalue weighted by Gasteiger charge is -2.41. The van der Waals surface area contributed by atoms with Crippen LogP contribution in [0.25, 0.3) is 0 Å². The lowest BCUT2D eigenvalue weighted by Crippen LogP contribution is -2.57. The first kappa shape index (κ1) is 25.4. The molecule has 1 aromatic carbocycles. The largest absolute Gasteiger partial charge is 0.320 e. The van der Waals surface area contributed by atoms with Crippen LogP contribution in [0.3, 0.4) is 0 Å². The quantitative estimate of drug-likeness (QED) is 0.284. The van der Waals surface area contributed by atoms with E-state index >= 15 is 0 Å². The molecule has 1 aliphatic rings. The smallest absolute Gasteiger partial charge is 0.214 e. The van der Waals surface area contributed by atoms with E-state index in [1.54, 1.807) is 4.31 Å². The van der Waals surface area contributed by atoms with Crippen molar-refractivity contribution < 1.29 is 12.9 Å². The van der Waals surface area contributed by atoms with E-state index in [2.05, 4.69) is 45.2 Å². The number of rotatable bonds is 14. The maximum Gasteiger partial charge on any atom is 0.214 e. The summed E-state index contributed by atoms with van der Waals surface area (Å²) in [6, 6.07) is 8.73. The Morgan fingerprint density at radius 2 is 1.33 bits per heavy atom. The molecule has 4 nitrogen and oxygen atoms in total. The van der Waals surface area contributed by atoms with E-state index in [4.69, 9.17) is 0 Å². The average Bonchev–Trinajstić information content (AvgIpc) is 2.71. The van der Waals surface area contributed by atoms with E-state index in [9.17, 15) is 8.42 Å². The van der Waals surface area contributed by atoms with Gasteiger partial charge in [-0.05, 0) is 13.3 Å².